The second-order valence-corrected chi connectivity index (χ2v) is 5.42. The standard InChI is InChI=1S/C12H17N5O2S/c1-7(11-15-8(2)6-20-11)4-13-12(18)14-5-10-16-9(3)17-19-10/h6-7H,4-5H2,1-3H3,(H2,13,14,18)/t7-/m0/s1. The van der Waals surface area contributed by atoms with Crippen LogP contribution in [-0.4, -0.2) is 27.7 Å². The van der Waals surface area contributed by atoms with E-state index in [2.05, 4.69) is 25.8 Å². The van der Waals surface area contributed by atoms with E-state index in [0.29, 0.717) is 18.3 Å². The van der Waals surface area contributed by atoms with Gasteiger partial charge in [0.1, 0.15) is 0 Å². The maximum absolute atomic E-state index is 11.6. The van der Waals surface area contributed by atoms with Crippen molar-refractivity contribution in [1.82, 2.24) is 25.8 Å². The molecule has 1 atom stereocenters. The molecule has 2 aromatic rings. The smallest absolute Gasteiger partial charge is 0.315 e. The lowest BCUT2D eigenvalue weighted by molar-refractivity contribution is 0.238. The first-order valence-corrected chi connectivity index (χ1v) is 7.15. The van der Waals surface area contributed by atoms with Gasteiger partial charge in [0.25, 0.3) is 0 Å². The van der Waals surface area contributed by atoms with E-state index < -0.39 is 0 Å². The summed E-state index contributed by atoms with van der Waals surface area (Å²) in [6.07, 6.45) is 0. The van der Waals surface area contributed by atoms with E-state index in [-0.39, 0.29) is 18.5 Å². The van der Waals surface area contributed by atoms with Gasteiger partial charge in [-0.15, -0.1) is 11.3 Å². The molecule has 0 aliphatic carbocycles. The highest BCUT2D eigenvalue weighted by atomic mass is 32.1. The molecule has 8 heteroatoms. The lowest BCUT2D eigenvalue weighted by Gasteiger charge is -2.10. The summed E-state index contributed by atoms with van der Waals surface area (Å²) in [6, 6.07) is -0.263. The Labute approximate surface area is 120 Å². The molecule has 2 N–H and O–H groups in total. The monoisotopic (exact) mass is 295 g/mol. The van der Waals surface area contributed by atoms with E-state index in [1.54, 1.807) is 18.3 Å². The summed E-state index contributed by atoms with van der Waals surface area (Å²) >= 11 is 1.61. The summed E-state index contributed by atoms with van der Waals surface area (Å²) in [4.78, 5) is 20.0. The Morgan fingerprint density at radius 1 is 1.40 bits per heavy atom. The summed E-state index contributed by atoms with van der Waals surface area (Å²) in [7, 11) is 0. The van der Waals surface area contributed by atoms with Gasteiger partial charge in [-0.2, -0.15) is 4.98 Å². The van der Waals surface area contributed by atoms with Crippen molar-refractivity contribution < 1.29 is 9.32 Å². The van der Waals surface area contributed by atoms with E-state index >= 15 is 0 Å². The Morgan fingerprint density at radius 2 is 2.20 bits per heavy atom. The topological polar surface area (TPSA) is 92.9 Å². The maximum atomic E-state index is 11.6. The van der Waals surface area contributed by atoms with Gasteiger partial charge < -0.3 is 15.2 Å². The van der Waals surface area contributed by atoms with Gasteiger partial charge in [-0.05, 0) is 13.8 Å². The summed E-state index contributed by atoms with van der Waals surface area (Å²) < 4.78 is 4.90. The van der Waals surface area contributed by atoms with Crippen molar-refractivity contribution in [3.63, 3.8) is 0 Å². The second kappa shape index (κ2) is 6.47. The molecule has 0 fully saturated rings. The number of urea groups is 1. The Balaban J connectivity index is 1.72. The molecule has 0 radical (unpaired) electrons. The molecule has 20 heavy (non-hydrogen) atoms. The van der Waals surface area contributed by atoms with E-state index in [9.17, 15) is 4.79 Å². The predicted octanol–water partition coefficient (Wildman–Crippen LogP) is 1.75. The highest BCUT2D eigenvalue weighted by Gasteiger charge is 2.11. The van der Waals surface area contributed by atoms with E-state index in [1.807, 2.05) is 19.2 Å². The van der Waals surface area contributed by atoms with Crippen LogP contribution in [0.5, 0.6) is 0 Å². The quantitative estimate of drug-likeness (QED) is 0.876. The molecule has 2 aromatic heterocycles. The number of hydrogen-bond acceptors (Lipinski definition) is 6. The molecular weight excluding hydrogens is 278 g/mol. The summed E-state index contributed by atoms with van der Waals surface area (Å²) in [5.41, 5.74) is 1.01. The first-order valence-electron chi connectivity index (χ1n) is 6.27. The van der Waals surface area contributed by atoms with Crippen molar-refractivity contribution in [3.8, 4) is 0 Å². The molecule has 0 aliphatic heterocycles. The number of aryl methyl sites for hydroxylation is 2. The number of aromatic nitrogens is 3. The zero-order valence-electron chi connectivity index (χ0n) is 11.6. The molecule has 0 saturated carbocycles. The fraction of sp³-hybridized carbons (Fsp3) is 0.500. The Bertz CT molecular complexity index is 580. The molecule has 7 nitrogen and oxygen atoms in total. The largest absolute Gasteiger partial charge is 0.337 e. The van der Waals surface area contributed by atoms with E-state index in [0.717, 1.165) is 10.7 Å². The van der Waals surface area contributed by atoms with E-state index in [4.69, 9.17) is 4.52 Å². The van der Waals surface area contributed by atoms with Crippen LogP contribution in [-0.2, 0) is 6.54 Å². The van der Waals surface area contributed by atoms with Crippen LogP contribution in [0.2, 0.25) is 0 Å². The lowest BCUT2D eigenvalue weighted by atomic mass is 10.2. The molecule has 0 unspecified atom stereocenters. The third-order valence-corrected chi connectivity index (χ3v) is 3.79. The van der Waals surface area contributed by atoms with Gasteiger partial charge in [-0.1, -0.05) is 12.1 Å². The van der Waals surface area contributed by atoms with Gasteiger partial charge in [0.15, 0.2) is 5.82 Å². The molecule has 2 heterocycles. The predicted molar refractivity (Wildman–Crippen MR) is 74.5 cm³/mol. The van der Waals surface area contributed by atoms with Crippen LogP contribution < -0.4 is 10.6 Å². The molecule has 2 amide bonds. The summed E-state index contributed by atoms with van der Waals surface area (Å²) in [5.74, 6) is 1.13. The Morgan fingerprint density at radius 3 is 2.80 bits per heavy atom. The highest BCUT2D eigenvalue weighted by molar-refractivity contribution is 7.09. The van der Waals surface area contributed by atoms with Crippen LogP contribution in [0, 0.1) is 13.8 Å². The Hall–Kier alpha value is -1.96. The van der Waals surface area contributed by atoms with Gasteiger partial charge in [0, 0.05) is 23.5 Å². The molecule has 108 valence electrons. The number of nitrogens with one attached hydrogen (secondary N) is 2. The first-order chi connectivity index (χ1) is 9.54. The van der Waals surface area contributed by atoms with Gasteiger partial charge >= 0.3 is 6.03 Å². The molecular formula is C12H17N5O2S. The average Bonchev–Trinajstić information content (AvgIpc) is 3.02. The van der Waals surface area contributed by atoms with Crippen LogP contribution in [0.4, 0.5) is 4.79 Å². The van der Waals surface area contributed by atoms with Crippen LogP contribution in [0.25, 0.3) is 0 Å². The van der Waals surface area contributed by atoms with Crippen molar-refractivity contribution in [2.45, 2.75) is 33.2 Å². The number of rotatable bonds is 5. The second-order valence-electron chi connectivity index (χ2n) is 4.53. The minimum atomic E-state index is -0.263. The highest BCUT2D eigenvalue weighted by Crippen LogP contribution is 2.18. The van der Waals surface area contributed by atoms with Crippen LogP contribution in [0.15, 0.2) is 9.90 Å². The number of hydrogen-bond donors (Lipinski definition) is 2. The molecule has 0 aliphatic rings. The van der Waals surface area contributed by atoms with Crippen molar-refractivity contribution >= 4 is 17.4 Å². The third kappa shape index (κ3) is 4.02. The van der Waals surface area contributed by atoms with Crippen LogP contribution in [0.3, 0.4) is 0 Å². The minimum absolute atomic E-state index is 0.185. The minimum Gasteiger partial charge on any atom is -0.337 e. The zero-order valence-corrected chi connectivity index (χ0v) is 12.5. The maximum Gasteiger partial charge on any atom is 0.315 e. The van der Waals surface area contributed by atoms with E-state index in [1.165, 1.54) is 0 Å². The van der Waals surface area contributed by atoms with Crippen LogP contribution in [0.1, 0.15) is 35.3 Å². The van der Waals surface area contributed by atoms with Crippen molar-refractivity contribution in [2.24, 2.45) is 0 Å². The average molecular weight is 295 g/mol. The molecule has 0 spiro atoms. The van der Waals surface area contributed by atoms with Gasteiger partial charge in [0.05, 0.1) is 11.6 Å². The third-order valence-electron chi connectivity index (χ3n) is 2.60. The molecule has 2 rings (SSSR count). The summed E-state index contributed by atoms with van der Waals surface area (Å²) in [5, 5.41) is 12.1. The van der Waals surface area contributed by atoms with Crippen molar-refractivity contribution in [1.29, 1.82) is 0 Å². The fourth-order valence-electron chi connectivity index (χ4n) is 1.56. The first kappa shape index (κ1) is 14.4. The van der Waals surface area contributed by atoms with Gasteiger partial charge in [-0.3, -0.25) is 0 Å². The lowest BCUT2D eigenvalue weighted by Crippen LogP contribution is -2.37. The SMILES string of the molecule is Cc1csc([C@@H](C)CNC(=O)NCc2nc(C)no2)n1. The zero-order chi connectivity index (χ0) is 14.5. The molecule has 0 saturated heterocycles. The number of thiazole rings is 1. The summed E-state index contributed by atoms with van der Waals surface area (Å²) in [6.45, 7) is 6.46. The fourth-order valence-corrected chi connectivity index (χ4v) is 2.42. The van der Waals surface area contributed by atoms with Gasteiger partial charge in [0.2, 0.25) is 5.89 Å². The van der Waals surface area contributed by atoms with Crippen LogP contribution >= 0.6 is 11.3 Å². The number of carbonyl (C=O) groups excluding carboxylic acids is 1. The van der Waals surface area contributed by atoms with Gasteiger partial charge in [-0.25, -0.2) is 9.78 Å². The van der Waals surface area contributed by atoms with Crippen molar-refractivity contribution in [3.05, 3.63) is 27.8 Å². The number of amides is 2. The Kier molecular flexibility index (Phi) is 4.67. The molecule has 0 aromatic carbocycles. The number of nitrogens with zero attached hydrogens (tertiary/aromatic N) is 3. The van der Waals surface area contributed by atoms with Crippen molar-refractivity contribution in [2.75, 3.05) is 6.54 Å². The molecule has 0 bridgehead atoms. The normalized spacial score (nSPS) is 12.2. The number of carbonyl (C=O) groups is 1.